The first-order valence-corrected chi connectivity index (χ1v) is 17.4. The number of nitrogens with zero attached hydrogens (tertiary/aromatic N) is 3. The van der Waals surface area contributed by atoms with Gasteiger partial charge in [0.25, 0.3) is 0 Å². The zero-order valence-electron chi connectivity index (χ0n) is 27.2. The van der Waals surface area contributed by atoms with Gasteiger partial charge in [-0.25, -0.2) is 9.59 Å². The number of fused-ring (bicyclic) bond motifs is 2. The average Bonchev–Trinajstić information content (AvgIpc) is 3.29. The number of likely N-dealkylation sites (tertiary alicyclic amines) is 2. The quantitative estimate of drug-likeness (QED) is 0.419. The number of hydrogen-bond donors (Lipinski definition) is 2. The molecule has 0 unspecified atom stereocenters. The minimum atomic E-state index is -0.882. The average molecular weight is 646 g/mol. The standard InChI is InChI=1S/C36H47N5O6/c42-20-13-36(39-16-9-28(10-17-39)27-7-14-37-15-8-27)24-30(40-18-11-29-3-1-2-4-31(29)38-34(40)43)12-19-41(36)35(44)47-25-26-5-6-32-33(23-26)46-22-21-45-32/h1-6,20,23,27-28,30,37H,7-19,21-22,24-25H2,(H,38,43)/t30-,36+/m1/s1. The lowest BCUT2D eigenvalue weighted by molar-refractivity contribution is -0.128. The number of ether oxygens (including phenoxy) is 3. The van der Waals surface area contributed by atoms with Gasteiger partial charge in [-0.1, -0.05) is 24.3 Å². The van der Waals surface area contributed by atoms with Crippen LogP contribution in [0.25, 0.3) is 0 Å². The third-order valence-electron chi connectivity index (χ3n) is 11.1. The van der Waals surface area contributed by atoms with Crippen molar-refractivity contribution in [2.24, 2.45) is 11.8 Å². The first kappa shape index (κ1) is 31.8. The molecule has 0 bridgehead atoms. The summed E-state index contributed by atoms with van der Waals surface area (Å²) in [4.78, 5) is 46.3. The van der Waals surface area contributed by atoms with Crippen molar-refractivity contribution in [2.75, 3.05) is 57.8 Å². The molecule has 2 N–H and O–H groups in total. The minimum Gasteiger partial charge on any atom is -0.486 e. The topological polar surface area (TPSA) is 113 Å². The van der Waals surface area contributed by atoms with Gasteiger partial charge in [0.15, 0.2) is 11.5 Å². The summed E-state index contributed by atoms with van der Waals surface area (Å²) in [7, 11) is 0. The normalized spacial score (nSPS) is 25.8. The summed E-state index contributed by atoms with van der Waals surface area (Å²) in [6, 6.07) is 13.3. The smallest absolute Gasteiger partial charge is 0.411 e. The van der Waals surface area contributed by atoms with Crippen LogP contribution in [0.5, 0.6) is 11.5 Å². The second-order valence-electron chi connectivity index (χ2n) is 13.6. The number of urea groups is 1. The van der Waals surface area contributed by atoms with Crippen LogP contribution >= 0.6 is 0 Å². The summed E-state index contributed by atoms with van der Waals surface area (Å²) in [5.74, 6) is 2.70. The van der Waals surface area contributed by atoms with Crippen LogP contribution in [-0.2, 0) is 22.6 Å². The Kier molecular flexibility index (Phi) is 9.53. The number of carbonyl (C=O) groups is 3. The summed E-state index contributed by atoms with van der Waals surface area (Å²) < 4.78 is 17.4. The number of carbonyl (C=O) groups excluding carboxylic acids is 3. The Morgan fingerprint density at radius 2 is 1.70 bits per heavy atom. The molecule has 2 atom stereocenters. The number of anilines is 1. The highest BCUT2D eigenvalue weighted by molar-refractivity contribution is 5.91. The van der Waals surface area contributed by atoms with Crippen LogP contribution in [0.3, 0.4) is 0 Å². The number of aldehydes is 1. The van der Waals surface area contributed by atoms with Crippen LogP contribution in [0.1, 0.15) is 56.1 Å². The number of nitrogens with one attached hydrogen (secondary N) is 2. The number of benzene rings is 2. The third-order valence-corrected chi connectivity index (χ3v) is 11.1. The predicted molar refractivity (Wildman–Crippen MR) is 177 cm³/mol. The molecule has 7 rings (SSSR count). The van der Waals surface area contributed by atoms with Gasteiger partial charge in [0.05, 0.1) is 0 Å². The molecule has 0 aromatic heterocycles. The maximum absolute atomic E-state index is 14.1. The van der Waals surface area contributed by atoms with Crippen molar-refractivity contribution in [1.82, 2.24) is 20.0 Å². The van der Waals surface area contributed by atoms with Gasteiger partial charge in [0.2, 0.25) is 0 Å². The number of para-hydroxylation sites is 1. The van der Waals surface area contributed by atoms with E-state index in [-0.39, 0.29) is 25.1 Å². The lowest BCUT2D eigenvalue weighted by atomic mass is 9.77. The van der Waals surface area contributed by atoms with Gasteiger partial charge in [-0.3, -0.25) is 9.80 Å². The van der Waals surface area contributed by atoms with E-state index in [1.807, 2.05) is 41.3 Å². The lowest BCUT2D eigenvalue weighted by Gasteiger charge is -2.56. The van der Waals surface area contributed by atoms with E-state index in [2.05, 4.69) is 21.6 Å². The Bertz CT molecular complexity index is 1440. The number of amides is 3. The molecule has 5 aliphatic rings. The molecule has 11 heteroatoms. The lowest BCUT2D eigenvalue weighted by Crippen LogP contribution is -2.69. The Balaban J connectivity index is 1.12. The van der Waals surface area contributed by atoms with Crippen molar-refractivity contribution < 1.29 is 28.6 Å². The summed E-state index contributed by atoms with van der Waals surface area (Å²) in [6.45, 7) is 5.81. The fourth-order valence-corrected chi connectivity index (χ4v) is 8.60. The van der Waals surface area contributed by atoms with Gasteiger partial charge < -0.3 is 34.5 Å². The molecule has 5 aliphatic heterocycles. The summed E-state index contributed by atoms with van der Waals surface area (Å²) in [6.07, 6.45) is 7.00. The van der Waals surface area contributed by atoms with Crippen LogP contribution in [0.2, 0.25) is 0 Å². The van der Waals surface area contributed by atoms with Crippen LogP contribution < -0.4 is 20.1 Å². The number of hydrogen-bond acceptors (Lipinski definition) is 8. The van der Waals surface area contributed by atoms with E-state index in [1.165, 1.54) is 12.8 Å². The molecular formula is C36H47N5O6. The largest absolute Gasteiger partial charge is 0.486 e. The second kappa shape index (κ2) is 14.1. The van der Waals surface area contributed by atoms with Crippen LogP contribution in [0.15, 0.2) is 42.5 Å². The van der Waals surface area contributed by atoms with Crippen molar-refractivity contribution in [2.45, 2.75) is 69.7 Å². The molecule has 2 aromatic rings. The van der Waals surface area contributed by atoms with Gasteiger partial charge in [0, 0.05) is 50.7 Å². The van der Waals surface area contributed by atoms with E-state index in [4.69, 9.17) is 14.2 Å². The van der Waals surface area contributed by atoms with Gasteiger partial charge in [-0.2, -0.15) is 0 Å². The Morgan fingerprint density at radius 1 is 0.936 bits per heavy atom. The molecule has 47 heavy (non-hydrogen) atoms. The first-order chi connectivity index (χ1) is 23.0. The molecule has 3 fully saturated rings. The van der Waals surface area contributed by atoms with Crippen molar-refractivity contribution in [3.8, 4) is 11.5 Å². The first-order valence-electron chi connectivity index (χ1n) is 17.4. The van der Waals surface area contributed by atoms with E-state index in [1.54, 1.807) is 4.90 Å². The molecule has 0 saturated carbocycles. The SMILES string of the molecule is O=CC[C@@]1(N2CCC(C3CCNCC3)CC2)C[C@H](N2CCc3ccccc3NC2=O)CCN1C(=O)OCc1ccc2c(c1)OCCO2. The Labute approximate surface area is 276 Å². The molecule has 2 aromatic carbocycles. The monoisotopic (exact) mass is 645 g/mol. The maximum Gasteiger partial charge on any atom is 0.411 e. The van der Waals surface area contributed by atoms with E-state index in [0.717, 1.165) is 68.5 Å². The minimum absolute atomic E-state index is 0.0805. The fourth-order valence-electron chi connectivity index (χ4n) is 8.60. The fraction of sp³-hybridized carbons (Fsp3) is 0.583. The van der Waals surface area contributed by atoms with E-state index in [9.17, 15) is 14.4 Å². The molecule has 0 spiro atoms. The molecule has 252 valence electrons. The van der Waals surface area contributed by atoms with Crippen molar-refractivity contribution >= 4 is 24.1 Å². The van der Waals surface area contributed by atoms with Gasteiger partial charge in [0.1, 0.15) is 31.8 Å². The van der Waals surface area contributed by atoms with Crippen molar-refractivity contribution in [1.29, 1.82) is 0 Å². The molecule has 11 nitrogen and oxygen atoms in total. The highest BCUT2D eigenvalue weighted by Crippen LogP contribution is 2.42. The van der Waals surface area contributed by atoms with Crippen LogP contribution in [0, 0.1) is 11.8 Å². The molecule has 0 aliphatic carbocycles. The van der Waals surface area contributed by atoms with Crippen LogP contribution in [0.4, 0.5) is 15.3 Å². The Hall–Kier alpha value is -3.83. The molecule has 3 amide bonds. The van der Waals surface area contributed by atoms with Crippen LogP contribution in [-0.4, -0.2) is 97.3 Å². The maximum atomic E-state index is 14.1. The third kappa shape index (κ3) is 6.65. The van der Waals surface area contributed by atoms with Gasteiger partial charge in [-0.15, -0.1) is 0 Å². The molecule has 0 radical (unpaired) electrons. The molecular weight excluding hydrogens is 598 g/mol. The number of piperidine rings is 3. The van der Waals surface area contributed by atoms with E-state index < -0.39 is 11.8 Å². The predicted octanol–water partition coefficient (Wildman–Crippen LogP) is 4.65. The van der Waals surface area contributed by atoms with Crippen molar-refractivity contribution in [3.63, 3.8) is 0 Å². The van der Waals surface area contributed by atoms with Gasteiger partial charge >= 0.3 is 12.1 Å². The zero-order valence-corrected chi connectivity index (χ0v) is 27.2. The highest BCUT2D eigenvalue weighted by atomic mass is 16.6. The highest BCUT2D eigenvalue weighted by Gasteiger charge is 2.52. The summed E-state index contributed by atoms with van der Waals surface area (Å²) in [5.41, 5.74) is 1.89. The zero-order chi connectivity index (χ0) is 32.2. The van der Waals surface area contributed by atoms with E-state index >= 15 is 0 Å². The van der Waals surface area contributed by atoms with Crippen molar-refractivity contribution in [3.05, 3.63) is 53.6 Å². The summed E-state index contributed by atoms with van der Waals surface area (Å²) in [5, 5.41) is 6.61. The van der Waals surface area contributed by atoms with E-state index in [0.29, 0.717) is 62.5 Å². The number of rotatable bonds is 7. The molecule has 5 heterocycles. The Morgan fingerprint density at radius 3 is 2.51 bits per heavy atom. The molecule has 3 saturated heterocycles. The summed E-state index contributed by atoms with van der Waals surface area (Å²) >= 11 is 0. The van der Waals surface area contributed by atoms with Gasteiger partial charge in [-0.05, 0) is 92.8 Å². The second-order valence-corrected chi connectivity index (χ2v) is 13.6.